The number of pyridine rings is 1. The van der Waals surface area contributed by atoms with Gasteiger partial charge >= 0.3 is 0 Å². The van der Waals surface area contributed by atoms with E-state index < -0.39 is 0 Å². The van der Waals surface area contributed by atoms with Crippen molar-refractivity contribution in [1.82, 2.24) is 20.1 Å². The van der Waals surface area contributed by atoms with E-state index in [0.717, 1.165) is 31.4 Å². The second kappa shape index (κ2) is 3.92. The van der Waals surface area contributed by atoms with Crippen LogP contribution in [-0.4, -0.2) is 57.6 Å². The van der Waals surface area contributed by atoms with E-state index in [-0.39, 0.29) is 0 Å². The van der Waals surface area contributed by atoms with Crippen LogP contribution in [0, 0.1) is 6.92 Å². The zero-order valence-corrected chi connectivity index (χ0v) is 13.5. The molecule has 1 spiro atoms. The summed E-state index contributed by atoms with van der Waals surface area (Å²) in [5.74, 6) is 0. The van der Waals surface area contributed by atoms with Crippen molar-refractivity contribution in [2.75, 3.05) is 26.7 Å². The summed E-state index contributed by atoms with van der Waals surface area (Å²) in [5.41, 5.74) is 4.16. The Bertz CT molecular complexity index is 817. The van der Waals surface area contributed by atoms with Gasteiger partial charge < -0.3 is 0 Å². The zero-order chi connectivity index (χ0) is 15.2. The Hall–Kier alpha value is -1.53. The van der Waals surface area contributed by atoms with Crippen molar-refractivity contribution in [2.45, 2.75) is 31.6 Å². The van der Waals surface area contributed by atoms with Crippen LogP contribution in [0.15, 0.2) is 30.3 Å². The summed E-state index contributed by atoms with van der Waals surface area (Å²) in [6, 6.07) is 11.7. The molecule has 1 atom stereocenters. The van der Waals surface area contributed by atoms with Gasteiger partial charge in [-0.05, 0) is 19.1 Å². The lowest BCUT2D eigenvalue weighted by Crippen LogP contribution is -2.67. The summed E-state index contributed by atoms with van der Waals surface area (Å²) < 4.78 is 1.22. The molecule has 4 fully saturated rings. The van der Waals surface area contributed by atoms with E-state index in [1.165, 1.54) is 40.9 Å². The Morgan fingerprint density at radius 3 is 2.83 bits per heavy atom. The molecule has 23 heavy (non-hydrogen) atoms. The number of hydrogen-bond acceptors (Lipinski definition) is 4. The van der Waals surface area contributed by atoms with Crippen LogP contribution in [0.2, 0.25) is 0 Å². The number of benzene rings is 1. The molecule has 1 aromatic carbocycles. The highest BCUT2D eigenvalue weighted by molar-refractivity contribution is 5.79. The number of quaternary nitrogens is 1. The molecule has 1 N–H and O–H groups in total. The first-order chi connectivity index (χ1) is 11.2. The Balaban J connectivity index is 1.41. The van der Waals surface area contributed by atoms with Crippen LogP contribution in [0.1, 0.15) is 17.7 Å². The van der Waals surface area contributed by atoms with Gasteiger partial charge in [-0.2, -0.15) is 0 Å². The van der Waals surface area contributed by atoms with Gasteiger partial charge in [-0.25, -0.2) is 9.80 Å². The summed E-state index contributed by atoms with van der Waals surface area (Å²) >= 11 is 0. The third-order valence-corrected chi connectivity index (χ3v) is 6.64. The van der Waals surface area contributed by atoms with Crippen molar-refractivity contribution in [3.05, 3.63) is 41.6 Å². The minimum absolute atomic E-state index is 0.406. The van der Waals surface area contributed by atoms with Gasteiger partial charge in [-0.3, -0.25) is 14.8 Å². The van der Waals surface area contributed by atoms with E-state index in [4.69, 9.17) is 4.98 Å². The van der Waals surface area contributed by atoms with Crippen LogP contribution in [0.25, 0.3) is 10.9 Å². The van der Waals surface area contributed by atoms with Crippen LogP contribution in [-0.2, 0) is 6.54 Å². The molecular formula is C18H22N5+. The fraction of sp³-hybridized carbons (Fsp3) is 0.500. The number of rotatable bonds is 2. The quantitative estimate of drug-likeness (QED) is 0.850. The molecule has 2 bridgehead atoms. The normalized spacial score (nSPS) is 38.2. The predicted octanol–water partition coefficient (Wildman–Crippen LogP) is 1.39. The van der Waals surface area contributed by atoms with Crippen molar-refractivity contribution in [3.8, 4) is 0 Å². The van der Waals surface area contributed by atoms with E-state index in [1.54, 1.807) is 0 Å². The third kappa shape index (κ3) is 1.45. The lowest BCUT2D eigenvalue weighted by atomic mass is 10.1. The minimum Gasteiger partial charge on any atom is -0.291 e. The Morgan fingerprint density at radius 1 is 1.26 bits per heavy atom. The van der Waals surface area contributed by atoms with Gasteiger partial charge in [0.2, 0.25) is 0 Å². The Labute approximate surface area is 136 Å². The number of para-hydroxylation sites is 1. The molecule has 5 nitrogen and oxygen atoms in total. The maximum absolute atomic E-state index is 4.86. The molecule has 1 aliphatic carbocycles. The summed E-state index contributed by atoms with van der Waals surface area (Å²) in [6.45, 7) is 7.81. The Morgan fingerprint density at radius 2 is 2.04 bits per heavy atom. The molecule has 3 saturated heterocycles. The Kier molecular flexibility index (Phi) is 2.19. The molecule has 5 heteroatoms. The number of aromatic nitrogens is 1. The van der Waals surface area contributed by atoms with Crippen LogP contribution in [0.3, 0.4) is 0 Å². The van der Waals surface area contributed by atoms with Gasteiger partial charge in [0.1, 0.15) is 31.6 Å². The number of hydrogen-bond donors (Lipinski definition) is 1. The van der Waals surface area contributed by atoms with Crippen molar-refractivity contribution in [1.29, 1.82) is 0 Å². The third-order valence-electron chi connectivity index (χ3n) is 6.64. The zero-order valence-electron chi connectivity index (χ0n) is 13.5. The highest BCUT2D eigenvalue weighted by Crippen LogP contribution is 2.63. The maximum atomic E-state index is 4.86. The molecule has 3 aliphatic heterocycles. The van der Waals surface area contributed by atoms with Crippen LogP contribution < -0.4 is 5.32 Å². The molecule has 0 amide bonds. The molecule has 118 valence electrons. The highest BCUT2D eigenvalue weighted by atomic mass is 15.8. The topological polar surface area (TPSA) is 31.4 Å². The number of nitrogens with zero attached hydrogens (tertiary/aromatic N) is 4. The fourth-order valence-electron chi connectivity index (χ4n) is 5.56. The summed E-state index contributed by atoms with van der Waals surface area (Å²) in [5, 5.41) is 4.81. The van der Waals surface area contributed by atoms with Gasteiger partial charge in [0.25, 0.3) is 0 Å². The van der Waals surface area contributed by atoms with Gasteiger partial charge in [0.15, 0.2) is 0 Å². The predicted molar refractivity (Wildman–Crippen MR) is 87.9 cm³/mol. The average molecular weight is 308 g/mol. The first-order valence-electron chi connectivity index (χ1n) is 8.63. The SMILES string of the molecule is Cc1nc2ccccc2cc1C[N+]12CN3CNCN(C1)C31CC12. The fourth-order valence-corrected chi connectivity index (χ4v) is 5.56. The summed E-state index contributed by atoms with van der Waals surface area (Å²) in [6.07, 6.45) is 1.36. The monoisotopic (exact) mass is 308 g/mol. The smallest absolute Gasteiger partial charge is 0.144 e. The van der Waals surface area contributed by atoms with Crippen LogP contribution in [0.5, 0.6) is 0 Å². The lowest BCUT2D eigenvalue weighted by Gasteiger charge is -2.47. The van der Waals surface area contributed by atoms with E-state index in [9.17, 15) is 0 Å². The van der Waals surface area contributed by atoms with E-state index >= 15 is 0 Å². The number of nitrogens with one attached hydrogen (secondary N) is 1. The number of fused-ring (bicyclic) bond motifs is 1. The first kappa shape index (κ1) is 12.8. The minimum atomic E-state index is 0.406. The van der Waals surface area contributed by atoms with Crippen molar-refractivity contribution < 1.29 is 4.48 Å². The van der Waals surface area contributed by atoms with E-state index in [1.807, 2.05) is 0 Å². The second-order valence-corrected chi connectivity index (χ2v) is 7.83. The number of aryl methyl sites for hydroxylation is 1. The summed E-state index contributed by atoms with van der Waals surface area (Å²) in [7, 11) is 0. The second-order valence-electron chi connectivity index (χ2n) is 7.83. The van der Waals surface area contributed by atoms with Crippen molar-refractivity contribution in [2.24, 2.45) is 0 Å². The molecule has 1 unspecified atom stereocenters. The van der Waals surface area contributed by atoms with Gasteiger partial charge in [-0.1, -0.05) is 18.2 Å². The molecular weight excluding hydrogens is 286 g/mol. The molecule has 4 aliphatic rings. The van der Waals surface area contributed by atoms with Crippen molar-refractivity contribution in [3.63, 3.8) is 0 Å². The largest absolute Gasteiger partial charge is 0.291 e. The standard InChI is InChI=1S/C18H22N5/c1-13-15(6-14-4-2-3-5-16(14)20-13)8-23-11-21-9-19-10-22(12-23)18(21)7-17(18)23/h2-6,17,19H,7-12H2,1H3/q+1. The first-order valence-corrected chi connectivity index (χ1v) is 8.63. The van der Waals surface area contributed by atoms with Gasteiger partial charge in [0.05, 0.1) is 18.9 Å². The lowest BCUT2D eigenvalue weighted by molar-refractivity contribution is -0.952. The molecule has 1 aromatic heterocycles. The molecule has 1 saturated carbocycles. The van der Waals surface area contributed by atoms with E-state index in [0.29, 0.717) is 5.66 Å². The maximum Gasteiger partial charge on any atom is 0.144 e. The van der Waals surface area contributed by atoms with Crippen LogP contribution in [0.4, 0.5) is 0 Å². The highest BCUT2D eigenvalue weighted by Gasteiger charge is 2.83. The summed E-state index contributed by atoms with van der Waals surface area (Å²) in [4.78, 5) is 10.2. The van der Waals surface area contributed by atoms with Crippen molar-refractivity contribution >= 4 is 10.9 Å². The molecule has 4 heterocycles. The molecule has 0 radical (unpaired) electrons. The average Bonchev–Trinajstić information content (AvgIpc) is 3.14. The van der Waals surface area contributed by atoms with Gasteiger partial charge in [0, 0.05) is 23.1 Å². The molecule has 6 rings (SSSR count). The van der Waals surface area contributed by atoms with Gasteiger partial charge in [-0.15, -0.1) is 0 Å². The van der Waals surface area contributed by atoms with E-state index in [2.05, 4.69) is 52.4 Å². The van der Waals surface area contributed by atoms with Crippen LogP contribution >= 0.6 is 0 Å². The molecule has 2 aromatic rings.